The fraction of sp³-hybridized carbons (Fsp3) is 0.400. The number of para-hydroxylation sites is 1. The number of hydrogen-bond donors (Lipinski definition) is 0. The van der Waals surface area contributed by atoms with Crippen molar-refractivity contribution in [2.24, 2.45) is 0 Å². The largest absolute Gasteiger partial charge is 0.483 e. The molecule has 3 rings (SSSR count). The number of benzene rings is 1. The standard InChI is InChI=1S/C10H10O2/c1-6-3-2-4-7-10(6)12-9-5-8(9)11-7/h2-4,8-9H,5H2,1H3. The van der Waals surface area contributed by atoms with Crippen LogP contribution < -0.4 is 9.47 Å². The van der Waals surface area contributed by atoms with Gasteiger partial charge in [-0.15, -0.1) is 0 Å². The van der Waals surface area contributed by atoms with Gasteiger partial charge in [-0.25, -0.2) is 0 Å². The molecule has 0 spiro atoms. The summed E-state index contributed by atoms with van der Waals surface area (Å²) >= 11 is 0. The molecule has 1 aromatic rings. The maximum absolute atomic E-state index is 5.71. The average Bonchev–Trinajstić information content (AvgIpc) is 2.79. The first-order valence-corrected chi connectivity index (χ1v) is 4.27. The van der Waals surface area contributed by atoms with Crippen molar-refractivity contribution in [3.05, 3.63) is 23.8 Å². The van der Waals surface area contributed by atoms with Gasteiger partial charge in [0.25, 0.3) is 0 Å². The Kier molecular flexibility index (Phi) is 1.03. The Morgan fingerprint density at radius 3 is 3.00 bits per heavy atom. The van der Waals surface area contributed by atoms with E-state index < -0.39 is 0 Å². The number of aryl methyl sites for hydroxylation is 1. The molecular weight excluding hydrogens is 152 g/mol. The van der Waals surface area contributed by atoms with Crippen LogP contribution in [0.3, 0.4) is 0 Å². The minimum Gasteiger partial charge on any atom is -0.483 e. The summed E-state index contributed by atoms with van der Waals surface area (Å²) < 4.78 is 11.4. The van der Waals surface area contributed by atoms with Crippen LogP contribution in [0.25, 0.3) is 0 Å². The second kappa shape index (κ2) is 1.94. The summed E-state index contributed by atoms with van der Waals surface area (Å²) in [4.78, 5) is 0. The highest BCUT2D eigenvalue weighted by Crippen LogP contribution is 2.44. The van der Waals surface area contributed by atoms with E-state index in [9.17, 15) is 0 Å². The minimum atomic E-state index is 0.332. The molecule has 62 valence electrons. The van der Waals surface area contributed by atoms with Gasteiger partial charge in [0.1, 0.15) is 12.2 Å². The van der Waals surface area contributed by atoms with Gasteiger partial charge >= 0.3 is 0 Å². The van der Waals surface area contributed by atoms with Crippen LogP contribution >= 0.6 is 0 Å². The number of hydrogen-bond acceptors (Lipinski definition) is 2. The monoisotopic (exact) mass is 162 g/mol. The van der Waals surface area contributed by atoms with Gasteiger partial charge in [0.05, 0.1) is 0 Å². The normalized spacial score (nSPS) is 29.4. The van der Waals surface area contributed by atoms with E-state index in [1.807, 2.05) is 25.1 Å². The van der Waals surface area contributed by atoms with Crippen LogP contribution in [0, 0.1) is 6.92 Å². The zero-order valence-electron chi connectivity index (χ0n) is 6.91. The van der Waals surface area contributed by atoms with Crippen LogP contribution in [-0.4, -0.2) is 12.2 Å². The molecule has 2 unspecified atom stereocenters. The zero-order chi connectivity index (χ0) is 8.13. The van der Waals surface area contributed by atoms with E-state index in [1.54, 1.807) is 0 Å². The van der Waals surface area contributed by atoms with Crippen LogP contribution in [0.2, 0.25) is 0 Å². The summed E-state index contributed by atoms with van der Waals surface area (Å²) in [5, 5.41) is 0. The summed E-state index contributed by atoms with van der Waals surface area (Å²) in [6.07, 6.45) is 1.71. The predicted molar refractivity (Wildman–Crippen MR) is 44.6 cm³/mol. The Hall–Kier alpha value is -1.18. The van der Waals surface area contributed by atoms with Crippen molar-refractivity contribution in [2.45, 2.75) is 25.6 Å². The second-order valence-electron chi connectivity index (χ2n) is 3.45. The summed E-state index contributed by atoms with van der Waals surface area (Å²) in [5.41, 5.74) is 1.16. The molecule has 0 radical (unpaired) electrons. The van der Waals surface area contributed by atoms with Gasteiger partial charge in [0, 0.05) is 6.42 Å². The van der Waals surface area contributed by atoms with E-state index in [1.165, 1.54) is 0 Å². The summed E-state index contributed by atoms with van der Waals surface area (Å²) in [6.45, 7) is 2.05. The van der Waals surface area contributed by atoms with Crippen LogP contribution in [0.4, 0.5) is 0 Å². The lowest BCUT2D eigenvalue weighted by Crippen LogP contribution is -2.15. The molecule has 2 nitrogen and oxygen atoms in total. The third kappa shape index (κ3) is 0.750. The van der Waals surface area contributed by atoms with Crippen LogP contribution in [-0.2, 0) is 0 Å². The van der Waals surface area contributed by atoms with Crippen LogP contribution in [0.5, 0.6) is 11.5 Å². The molecule has 0 aromatic heterocycles. The first-order chi connectivity index (χ1) is 5.84. The van der Waals surface area contributed by atoms with Gasteiger partial charge in [-0.1, -0.05) is 12.1 Å². The van der Waals surface area contributed by atoms with Gasteiger partial charge in [-0.2, -0.15) is 0 Å². The number of rotatable bonds is 0. The smallest absolute Gasteiger partial charge is 0.164 e. The molecule has 0 saturated heterocycles. The molecule has 0 N–H and O–H groups in total. The van der Waals surface area contributed by atoms with Crippen molar-refractivity contribution >= 4 is 0 Å². The first-order valence-electron chi connectivity index (χ1n) is 4.27. The first kappa shape index (κ1) is 6.35. The summed E-state index contributed by atoms with van der Waals surface area (Å²) in [7, 11) is 0. The SMILES string of the molecule is Cc1cccc2c1OC1CC1O2. The molecule has 2 aliphatic rings. The zero-order valence-corrected chi connectivity index (χ0v) is 6.91. The van der Waals surface area contributed by atoms with Gasteiger partial charge in [0.2, 0.25) is 0 Å². The van der Waals surface area contributed by atoms with Crippen molar-refractivity contribution < 1.29 is 9.47 Å². The van der Waals surface area contributed by atoms with Crippen LogP contribution in [0.15, 0.2) is 18.2 Å². The Bertz CT molecular complexity index is 333. The van der Waals surface area contributed by atoms with Crippen molar-refractivity contribution in [1.82, 2.24) is 0 Å². The lowest BCUT2D eigenvalue weighted by Gasteiger charge is -2.18. The lowest BCUT2D eigenvalue weighted by atomic mass is 10.2. The molecule has 1 heterocycles. The fourth-order valence-corrected chi connectivity index (χ4v) is 1.58. The van der Waals surface area contributed by atoms with Gasteiger partial charge in [-0.3, -0.25) is 0 Å². The minimum absolute atomic E-state index is 0.332. The van der Waals surface area contributed by atoms with Crippen molar-refractivity contribution in [3.63, 3.8) is 0 Å². The molecule has 1 aromatic carbocycles. The van der Waals surface area contributed by atoms with E-state index in [0.717, 1.165) is 23.5 Å². The van der Waals surface area contributed by atoms with E-state index in [4.69, 9.17) is 9.47 Å². The van der Waals surface area contributed by atoms with E-state index in [-0.39, 0.29) is 0 Å². The van der Waals surface area contributed by atoms with Crippen molar-refractivity contribution in [1.29, 1.82) is 0 Å². The molecule has 0 bridgehead atoms. The van der Waals surface area contributed by atoms with E-state index in [2.05, 4.69) is 0 Å². The molecule has 1 fully saturated rings. The fourth-order valence-electron chi connectivity index (χ4n) is 1.58. The van der Waals surface area contributed by atoms with Crippen molar-refractivity contribution in [2.75, 3.05) is 0 Å². The van der Waals surface area contributed by atoms with Gasteiger partial charge in [0.15, 0.2) is 11.5 Å². The molecule has 1 saturated carbocycles. The molecule has 12 heavy (non-hydrogen) atoms. The Balaban J connectivity index is 2.11. The maximum Gasteiger partial charge on any atom is 0.164 e. The number of fused-ring (bicyclic) bond motifs is 2. The molecular formula is C10H10O2. The Morgan fingerprint density at radius 1 is 1.25 bits per heavy atom. The molecule has 2 atom stereocenters. The topological polar surface area (TPSA) is 18.5 Å². The average molecular weight is 162 g/mol. The van der Waals surface area contributed by atoms with Crippen LogP contribution in [0.1, 0.15) is 12.0 Å². The third-order valence-electron chi connectivity index (χ3n) is 2.40. The number of ether oxygens (including phenoxy) is 2. The maximum atomic E-state index is 5.71. The highest BCUT2D eigenvalue weighted by molar-refractivity contribution is 5.48. The highest BCUT2D eigenvalue weighted by atomic mass is 16.6. The molecule has 0 amide bonds. The summed E-state index contributed by atoms with van der Waals surface area (Å²) in [5.74, 6) is 1.85. The van der Waals surface area contributed by atoms with Gasteiger partial charge in [-0.05, 0) is 18.6 Å². The molecule has 2 heteroatoms. The Morgan fingerprint density at radius 2 is 2.08 bits per heavy atom. The van der Waals surface area contributed by atoms with E-state index in [0.29, 0.717) is 12.2 Å². The predicted octanol–water partition coefficient (Wildman–Crippen LogP) is 1.91. The lowest BCUT2D eigenvalue weighted by molar-refractivity contribution is 0.165. The van der Waals surface area contributed by atoms with Gasteiger partial charge < -0.3 is 9.47 Å². The highest BCUT2D eigenvalue weighted by Gasteiger charge is 2.46. The van der Waals surface area contributed by atoms with E-state index >= 15 is 0 Å². The molecule has 1 aliphatic heterocycles. The second-order valence-corrected chi connectivity index (χ2v) is 3.45. The van der Waals surface area contributed by atoms with Crippen molar-refractivity contribution in [3.8, 4) is 11.5 Å². The Labute approximate surface area is 71.1 Å². The molecule has 1 aliphatic carbocycles. The summed E-state index contributed by atoms with van der Waals surface area (Å²) in [6, 6.07) is 6.02. The third-order valence-corrected chi connectivity index (χ3v) is 2.40. The quantitative estimate of drug-likeness (QED) is 0.580.